The van der Waals surface area contributed by atoms with Crippen LogP contribution in [0, 0.1) is 0 Å². The molecule has 1 heterocycles. The van der Waals surface area contributed by atoms with Crippen molar-refractivity contribution in [3.8, 4) is 23.1 Å². The summed E-state index contributed by atoms with van der Waals surface area (Å²) in [4.78, 5) is 20.4. The van der Waals surface area contributed by atoms with Gasteiger partial charge in [-0.3, -0.25) is 9.78 Å². The summed E-state index contributed by atoms with van der Waals surface area (Å²) in [6.07, 6.45) is 4.39. The minimum absolute atomic E-state index is 0.0711. The normalized spacial score (nSPS) is 10.9. The number of nitrogens with zero attached hydrogens (tertiary/aromatic N) is 2. The van der Waals surface area contributed by atoms with Gasteiger partial charge in [-0.2, -0.15) is 0 Å². The monoisotopic (exact) mass is 447 g/mol. The first-order valence-electron chi connectivity index (χ1n) is 9.44. The van der Waals surface area contributed by atoms with Crippen LogP contribution in [0.1, 0.15) is 10.4 Å². The minimum atomic E-state index is -4.09. The summed E-state index contributed by atoms with van der Waals surface area (Å²) in [5.74, 6) is 0.864. The fraction of sp³-hybridized carbons (Fsp3) is 0. The molecule has 8 nitrogen and oxygen atoms in total. The largest absolute Gasteiger partial charge is 0.457 e. The van der Waals surface area contributed by atoms with Crippen LogP contribution in [0.4, 0.5) is 0 Å². The molecule has 0 aliphatic heterocycles. The second-order valence-corrected chi connectivity index (χ2v) is 8.18. The molecule has 0 saturated carbocycles. The maximum Gasteiger partial charge on any atom is 0.265 e. The lowest BCUT2D eigenvalue weighted by atomic mass is 10.2. The van der Waals surface area contributed by atoms with E-state index in [9.17, 15) is 13.2 Å². The maximum absolute atomic E-state index is 12.6. The predicted octanol–water partition coefficient (Wildman–Crippen LogP) is 4.18. The van der Waals surface area contributed by atoms with E-state index in [0.29, 0.717) is 17.2 Å². The number of hydrogen-bond donors (Lipinski definition) is 1. The molecule has 9 heteroatoms. The molecule has 1 aromatic heterocycles. The van der Waals surface area contributed by atoms with Gasteiger partial charge in [-0.05, 0) is 54.6 Å². The Morgan fingerprint density at radius 2 is 1.50 bits per heavy atom. The molecule has 4 rings (SSSR count). The van der Waals surface area contributed by atoms with Crippen LogP contribution in [0.15, 0.2) is 102 Å². The first kappa shape index (κ1) is 21.0. The van der Waals surface area contributed by atoms with Crippen molar-refractivity contribution < 1.29 is 22.7 Å². The third-order valence-corrected chi connectivity index (χ3v) is 5.55. The van der Waals surface area contributed by atoms with Gasteiger partial charge < -0.3 is 9.47 Å². The molecule has 0 spiro atoms. The summed E-state index contributed by atoms with van der Waals surface area (Å²) in [5.41, 5.74) is 0.110. The number of sulfonamides is 1. The van der Waals surface area contributed by atoms with Crippen molar-refractivity contribution in [2.45, 2.75) is 4.90 Å². The first-order chi connectivity index (χ1) is 15.5. The molecule has 0 atom stereocenters. The fourth-order valence-electron chi connectivity index (χ4n) is 2.71. The zero-order chi connectivity index (χ0) is 22.4. The van der Waals surface area contributed by atoms with Gasteiger partial charge in [-0.15, -0.1) is 0 Å². The van der Waals surface area contributed by atoms with E-state index in [-0.39, 0.29) is 16.3 Å². The van der Waals surface area contributed by atoms with Gasteiger partial charge in [0, 0.05) is 18.0 Å². The van der Waals surface area contributed by atoms with E-state index in [0.717, 1.165) is 0 Å². The van der Waals surface area contributed by atoms with Gasteiger partial charge in [0.05, 0.1) is 11.1 Å². The maximum atomic E-state index is 12.6. The van der Waals surface area contributed by atoms with E-state index >= 15 is 0 Å². The third kappa shape index (κ3) is 5.27. The van der Waals surface area contributed by atoms with Gasteiger partial charge >= 0.3 is 0 Å². The van der Waals surface area contributed by atoms with Crippen molar-refractivity contribution in [3.63, 3.8) is 0 Å². The SMILES string of the molecule is O=C(NS(=O)(=O)c1ccc(Oc2ccccc2)cc1)c1cccc(Oc2cnccn2)c1. The second kappa shape index (κ2) is 9.27. The highest BCUT2D eigenvalue weighted by molar-refractivity contribution is 7.90. The van der Waals surface area contributed by atoms with Crippen molar-refractivity contribution in [2.24, 2.45) is 0 Å². The lowest BCUT2D eigenvalue weighted by Gasteiger charge is -2.10. The molecule has 0 aliphatic rings. The first-order valence-corrected chi connectivity index (χ1v) is 10.9. The molecule has 0 aliphatic carbocycles. The molecule has 1 N–H and O–H groups in total. The number of carbonyl (C=O) groups is 1. The number of nitrogens with one attached hydrogen (secondary N) is 1. The average molecular weight is 447 g/mol. The highest BCUT2D eigenvalue weighted by atomic mass is 32.2. The molecule has 0 unspecified atom stereocenters. The van der Waals surface area contributed by atoms with Crippen LogP contribution in [0.2, 0.25) is 0 Å². The van der Waals surface area contributed by atoms with Crippen molar-refractivity contribution in [3.05, 3.63) is 103 Å². The molecular weight excluding hydrogens is 430 g/mol. The summed E-state index contributed by atoms with van der Waals surface area (Å²) in [5, 5.41) is 0. The van der Waals surface area contributed by atoms with E-state index in [1.54, 1.807) is 24.3 Å². The van der Waals surface area contributed by atoms with Crippen LogP contribution >= 0.6 is 0 Å². The van der Waals surface area contributed by atoms with E-state index in [4.69, 9.17) is 9.47 Å². The third-order valence-electron chi connectivity index (χ3n) is 4.20. The number of benzene rings is 3. The van der Waals surface area contributed by atoms with Crippen molar-refractivity contribution in [1.82, 2.24) is 14.7 Å². The van der Waals surface area contributed by atoms with Gasteiger partial charge in [0.25, 0.3) is 15.9 Å². The lowest BCUT2D eigenvalue weighted by Crippen LogP contribution is -2.30. The Kier molecular flexibility index (Phi) is 6.09. The number of para-hydroxylation sites is 1. The van der Waals surface area contributed by atoms with Crippen LogP contribution in [0.3, 0.4) is 0 Å². The molecular formula is C23H17N3O5S. The van der Waals surface area contributed by atoms with Gasteiger partial charge in [-0.1, -0.05) is 24.3 Å². The summed E-state index contributed by atoms with van der Waals surface area (Å²) in [6.45, 7) is 0. The highest BCUT2D eigenvalue weighted by Crippen LogP contribution is 2.23. The summed E-state index contributed by atoms with van der Waals surface area (Å²) < 4.78 is 38.5. The molecule has 0 bridgehead atoms. The zero-order valence-electron chi connectivity index (χ0n) is 16.6. The smallest absolute Gasteiger partial charge is 0.265 e. The summed E-state index contributed by atoms with van der Waals surface area (Å²) >= 11 is 0. The Bertz CT molecular complexity index is 1310. The lowest BCUT2D eigenvalue weighted by molar-refractivity contribution is 0.0981. The van der Waals surface area contributed by atoms with Crippen LogP contribution in [0.25, 0.3) is 0 Å². The average Bonchev–Trinajstić information content (AvgIpc) is 2.81. The molecule has 32 heavy (non-hydrogen) atoms. The predicted molar refractivity (Wildman–Crippen MR) is 116 cm³/mol. The van der Waals surface area contributed by atoms with Crippen molar-refractivity contribution >= 4 is 15.9 Å². The molecule has 4 aromatic rings. The number of hydrogen-bond acceptors (Lipinski definition) is 7. The van der Waals surface area contributed by atoms with Crippen LogP contribution in [0.5, 0.6) is 23.1 Å². The van der Waals surface area contributed by atoms with Gasteiger partial charge in [-0.25, -0.2) is 18.1 Å². The number of carbonyl (C=O) groups excluding carboxylic acids is 1. The zero-order valence-corrected chi connectivity index (χ0v) is 17.4. The van der Waals surface area contributed by atoms with E-state index in [1.165, 1.54) is 55.0 Å². The Labute approximate surface area is 184 Å². The molecule has 0 radical (unpaired) electrons. The number of ether oxygens (including phenoxy) is 2. The van der Waals surface area contributed by atoms with Gasteiger partial charge in [0.15, 0.2) is 0 Å². The van der Waals surface area contributed by atoms with Crippen LogP contribution in [-0.2, 0) is 10.0 Å². The van der Waals surface area contributed by atoms with Gasteiger partial charge in [0.1, 0.15) is 17.2 Å². The number of rotatable bonds is 7. The summed E-state index contributed by atoms with van der Waals surface area (Å²) in [7, 11) is -4.09. The minimum Gasteiger partial charge on any atom is -0.457 e. The molecule has 1 amide bonds. The van der Waals surface area contributed by atoms with E-state index < -0.39 is 15.9 Å². The van der Waals surface area contributed by atoms with Crippen LogP contribution < -0.4 is 14.2 Å². The number of amides is 1. The standard InChI is InChI=1S/C23H17N3O5S/c27-23(17-5-4-8-20(15-17)31-22-16-24-13-14-25-22)26-32(28,29)21-11-9-19(10-12-21)30-18-6-2-1-3-7-18/h1-16H,(H,26,27). The molecule has 0 saturated heterocycles. The van der Waals surface area contributed by atoms with Crippen molar-refractivity contribution in [1.29, 1.82) is 0 Å². The topological polar surface area (TPSA) is 107 Å². The molecule has 160 valence electrons. The Balaban J connectivity index is 1.45. The fourth-order valence-corrected chi connectivity index (χ4v) is 3.69. The van der Waals surface area contributed by atoms with Crippen molar-refractivity contribution in [2.75, 3.05) is 0 Å². The van der Waals surface area contributed by atoms with E-state index in [1.807, 2.05) is 18.2 Å². The summed E-state index contributed by atoms with van der Waals surface area (Å²) in [6, 6.07) is 20.9. The highest BCUT2D eigenvalue weighted by Gasteiger charge is 2.19. The Morgan fingerprint density at radius 1 is 0.781 bits per heavy atom. The molecule has 3 aromatic carbocycles. The second-order valence-electron chi connectivity index (χ2n) is 6.49. The molecule has 0 fully saturated rings. The number of aromatic nitrogens is 2. The van der Waals surface area contributed by atoms with E-state index in [2.05, 4.69) is 14.7 Å². The van der Waals surface area contributed by atoms with Gasteiger partial charge in [0.2, 0.25) is 5.88 Å². The Morgan fingerprint density at radius 3 is 2.22 bits per heavy atom. The van der Waals surface area contributed by atoms with Crippen LogP contribution in [-0.4, -0.2) is 24.3 Å². The Hall–Kier alpha value is -4.24. The quantitative estimate of drug-likeness (QED) is 0.453.